The smallest absolute Gasteiger partial charge is 0.124 e. The van der Waals surface area contributed by atoms with Gasteiger partial charge >= 0.3 is 0 Å². The van der Waals surface area contributed by atoms with Gasteiger partial charge in [-0.3, -0.25) is 0 Å². The van der Waals surface area contributed by atoms with Crippen molar-refractivity contribution >= 4 is 0 Å². The summed E-state index contributed by atoms with van der Waals surface area (Å²) >= 11 is 0. The summed E-state index contributed by atoms with van der Waals surface area (Å²) in [6.07, 6.45) is 3.06. The fraction of sp³-hybridized carbons (Fsp3) is 0.500. The number of hydrogen-bond acceptors (Lipinski definition) is 2. The van der Waals surface area contributed by atoms with Crippen LogP contribution >= 0.6 is 0 Å². The number of rotatable bonds is 1. The van der Waals surface area contributed by atoms with Crippen molar-refractivity contribution in [1.29, 1.82) is 5.26 Å². The van der Waals surface area contributed by atoms with Crippen LogP contribution in [0.2, 0.25) is 0 Å². The van der Waals surface area contributed by atoms with E-state index in [2.05, 4.69) is 6.07 Å². The van der Waals surface area contributed by atoms with Crippen molar-refractivity contribution in [1.82, 2.24) is 0 Å². The van der Waals surface area contributed by atoms with E-state index in [0.717, 1.165) is 30.8 Å². The number of furan rings is 1. The number of hydrogen-bond donors (Lipinski definition) is 0. The highest BCUT2D eigenvalue weighted by atomic mass is 16.3. The monoisotopic (exact) mass is 161 g/mol. The zero-order chi connectivity index (χ0) is 8.60. The van der Waals surface area contributed by atoms with Crippen LogP contribution in [0.3, 0.4) is 0 Å². The lowest BCUT2D eigenvalue weighted by Crippen LogP contribution is -2.31. The zero-order valence-electron chi connectivity index (χ0n) is 7.13. The molecular weight excluding hydrogens is 150 g/mol. The number of nitriles is 1. The van der Waals surface area contributed by atoms with E-state index in [1.165, 1.54) is 0 Å². The molecule has 0 amide bonds. The quantitative estimate of drug-likeness (QED) is 0.634. The van der Waals surface area contributed by atoms with Gasteiger partial charge in [-0.05, 0) is 38.3 Å². The second-order valence-corrected chi connectivity index (χ2v) is 3.46. The van der Waals surface area contributed by atoms with Crippen LogP contribution in [-0.2, 0) is 5.41 Å². The molecule has 12 heavy (non-hydrogen) atoms. The summed E-state index contributed by atoms with van der Waals surface area (Å²) in [4.78, 5) is 0. The van der Waals surface area contributed by atoms with Gasteiger partial charge in [0, 0.05) is 0 Å². The molecule has 0 aromatic carbocycles. The minimum Gasteiger partial charge on any atom is -0.465 e. The maximum absolute atomic E-state index is 8.99. The third-order valence-corrected chi connectivity index (χ3v) is 2.63. The number of nitrogens with zero attached hydrogens (tertiary/aromatic N) is 1. The Balaban J connectivity index is 2.35. The Morgan fingerprint density at radius 3 is 2.58 bits per heavy atom. The van der Waals surface area contributed by atoms with Crippen LogP contribution in [0.4, 0.5) is 0 Å². The summed E-state index contributed by atoms with van der Waals surface area (Å²) < 4.78 is 5.46. The van der Waals surface area contributed by atoms with Crippen LogP contribution in [0.1, 0.15) is 30.8 Å². The van der Waals surface area contributed by atoms with Gasteiger partial charge in [0.15, 0.2) is 0 Å². The Kier molecular flexibility index (Phi) is 1.47. The van der Waals surface area contributed by atoms with Crippen LogP contribution in [-0.4, -0.2) is 0 Å². The van der Waals surface area contributed by atoms with Crippen molar-refractivity contribution in [3.63, 3.8) is 0 Å². The van der Waals surface area contributed by atoms with E-state index in [1.807, 2.05) is 19.1 Å². The van der Waals surface area contributed by atoms with Gasteiger partial charge < -0.3 is 4.42 Å². The van der Waals surface area contributed by atoms with Gasteiger partial charge in [-0.25, -0.2) is 0 Å². The molecule has 0 bridgehead atoms. The fourth-order valence-corrected chi connectivity index (χ4v) is 1.64. The average Bonchev–Trinajstić information content (AvgIpc) is 2.35. The summed E-state index contributed by atoms with van der Waals surface area (Å²) in [6, 6.07) is 6.20. The van der Waals surface area contributed by atoms with Crippen molar-refractivity contribution in [3.8, 4) is 6.07 Å². The first-order valence-electron chi connectivity index (χ1n) is 4.25. The molecule has 0 radical (unpaired) electrons. The van der Waals surface area contributed by atoms with Gasteiger partial charge in [0.25, 0.3) is 0 Å². The van der Waals surface area contributed by atoms with Crippen molar-refractivity contribution in [3.05, 3.63) is 23.7 Å². The SMILES string of the molecule is Cc1ccc(C2(C#N)CCC2)o1. The molecule has 0 saturated heterocycles. The van der Waals surface area contributed by atoms with Crippen molar-refractivity contribution in [2.24, 2.45) is 0 Å². The highest BCUT2D eigenvalue weighted by molar-refractivity contribution is 5.28. The first kappa shape index (κ1) is 7.42. The molecule has 1 saturated carbocycles. The molecule has 1 aromatic rings. The van der Waals surface area contributed by atoms with E-state index in [9.17, 15) is 0 Å². The van der Waals surface area contributed by atoms with Crippen LogP contribution < -0.4 is 0 Å². The highest BCUT2D eigenvalue weighted by Crippen LogP contribution is 2.43. The summed E-state index contributed by atoms with van der Waals surface area (Å²) in [6.45, 7) is 1.91. The van der Waals surface area contributed by atoms with E-state index in [1.54, 1.807) is 0 Å². The predicted molar refractivity (Wildman–Crippen MR) is 44.6 cm³/mol. The second-order valence-electron chi connectivity index (χ2n) is 3.46. The number of aryl methyl sites for hydroxylation is 1. The molecular formula is C10H11NO. The van der Waals surface area contributed by atoms with E-state index < -0.39 is 0 Å². The molecule has 62 valence electrons. The third kappa shape index (κ3) is 0.863. The Morgan fingerprint density at radius 1 is 1.50 bits per heavy atom. The van der Waals surface area contributed by atoms with Gasteiger partial charge in [-0.15, -0.1) is 0 Å². The molecule has 0 atom stereocenters. The first-order chi connectivity index (χ1) is 5.77. The Bertz CT molecular complexity index is 328. The standard InChI is InChI=1S/C10H11NO/c1-8-3-4-9(12-8)10(7-11)5-2-6-10/h3-4H,2,5-6H2,1H3. The summed E-state index contributed by atoms with van der Waals surface area (Å²) in [5.74, 6) is 1.75. The van der Waals surface area contributed by atoms with Crippen LogP contribution in [0.15, 0.2) is 16.5 Å². The molecule has 0 spiro atoms. The Morgan fingerprint density at radius 2 is 2.25 bits per heavy atom. The van der Waals surface area contributed by atoms with Gasteiger partial charge in [-0.1, -0.05) is 0 Å². The van der Waals surface area contributed by atoms with E-state index in [4.69, 9.17) is 9.68 Å². The highest BCUT2D eigenvalue weighted by Gasteiger charge is 2.41. The molecule has 1 aliphatic rings. The Labute approximate surface area is 71.8 Å². The minimum atomic E-state index is -0.283. The van der Waals surface area contributed by atoms with Crippen LogP contribution in [0, 0.1) is 18.3 Å². The van der Waals surface area contributed by atoms with Crippen molar-refractivity contribution < 1.29 is 4.42 Å². The molecule has 1 aliphatic carbocycles. The molecule has 2 heteroatoms. The van der Waals surface area contributed by atoms with Gasteiger partial charge in [0.1, 0.15) is 16.9 Å². The van der Waals surface area contributed by atoms with Crippen molar-refractivity contribution in [2.75, 3.05) is 0 Å². The lowest BCUT2D eigenvalue weighted by atomic mass is 9.68. The van der Waals surface area contributed by atoms with Crippen LogP contribution in [0.5, 0.6) is 0 Å². The van der Waals surface area contributed by atoms with Crippen molar-refractivity contribution in [2.45, 2.75) is 31.6 Å². The summed E-state index contributed by atoms with van der Waals surface area (Å²) in [5.41, 5.74) is -0.283. The second kappa shape index (κ2) is 2.38. The lowest BCUT2D eigenvalue weighted by molar-refractivity contribution is 0.264. The summed E-state index contributed by atoms with van der Waals surface area (Å²) in [7, 11) is 0. The normalized spacial score (nSPS) is 19.7. The predicted octanol–water partition coefficient (Wildman–Crippen LogP) is 2.53. The van der Waals surface area contributed by atoms with E-state index in [0.29, 0.717) is 0 Å². The van der Waals surface area contributed by atoms with E-state index in [-0.39, 0.29) is 5.41 Å². The van der Waals surface area contributed by atoms with Gasteiger partial charge in [-0.2, -0.15) is 5.26 Å². The molecule has 1 fully saturated rings. The van der Waals surface area contributed by atoms with Gasteiger partial charge in [0.05, 0.1) is 6.07 Å². The first-order valence-corrected chi connectivity index (χ1v) is 4.25. The molecule has 0 unspecified atom stereocenters. The molecule has 0 N–H and O–H groups in total. The maximum atomic E-state index is 8.99. The molecule has 1 aromatic heterocycles. The molecule has 2 nitrogen and oxygen atoms in total. The zero-order valence-corrected chi connectivity index (χ0v) is 7.13. The van der Waals surface area contributed by atoms with Crippen LogP contribution in [0.25, 0.3) is 0 Å². The lowest BCUT2D eigenvalue weighted by Gasteiger charge is -2.32. The average molecular weight is 161 g/mol. The fourth-order valence-electron chi connectivity index (χ4n) is 1.64. The van der Waals surface area contributed by atoms with Gasteiger partial charge in [0.2, 0.25) is 0 Å². The Hall–Kier alpha value is -1.23. The maximum Gasteiger partial charge on any atom is 0.124 e. The summed E-state index contributed by atoms with van der Waals surface area (Å²) in [5, 5.41) is 8.99. The molecule has 1 heterocycles. The molecule has 0 aliphatic heterocycles. The topological polar surface area (TPSA) is 36.9 Å². The molecule has 2 rings (SSSR count). The van der Waals surface area contributed by atoms with E-state index >= 15 is 0 Å². The largest absolute Gasteiger partial charge is 0.465 e. The minimum absolute atomic E-state index is 0.283. The third-order valence-electron chi connectivity index (χ3n) is 2.63.